The molecule has 0 radical (unpaired) electrons. The SMILES string of the molecule is CC(C)c1nnc(C(=O)Nc2ccc3c(c2)OCO3)o1. The van der Waals surface area contributed by atoms with Crippen LogP contribution in [-0.4, -0.2) is 22.9 Å². The third-order valence-electron chi connectivity index (χ3n) is 2.76. The minimum Gasteiger partial charge on any atom is -0.454 e. The van der Waals surface area contributed by atoms with E-state index in [-0.39, 0.29) is 18.6 Å². The highest BCUT2D eigenvalue weighted by Crippen LogP contribution is 2.34. The smallest absolute Gasteiger partial charge is 0.313 e. The first-order chi connectivity index (χ1) is 9.63. The second kappa shape index (κ2) is 4.84. The maximum absolute atomic E-state index is 12.0. The standard InChI is InChI=1S/C13H13N3O4/c1-7(2)12-15-16-13(20-12)11(17)14-8-3-4-9-10(5-8)19-6-18-9/h3-5,7H,6H2,1-2H3,(H,14,17). The van der Waals surface area contributed by atoms with Crippen molar-refractivity contribution in [3.8, 4) is 11.5 Å². The highest BCUT2D eigenvalue weighted by Gasteiger charge is 2.18. The molecule has 1 amide bonds. The number of hydrogen-bond acceptors (Lipinski definition) is 6. The summed E-state index contributed by atoms with van der Waals surface area (Å²) in [7, 11) is 0. The van der Waals surface area contributed by atoms with Crippen LogP contribution in [-0.2, 0) is 0 Å². The number of aromatic nitrogens is 2. The monoisotopic (exact) mass is 275 g/mol. The third kappa shape index (κ3) is 2.29. The third-order valence-corrected chi connectivity index (χ3v) is 2.76. The van der Waals surface area contributed by atoms with E-state index in [1.54, 1.807) is 18.2 Å². The molecule has 0 fully saturated rings. The lowest BCUT2D eigenvalue weighted by Gasteiger charge is -2.03. The molecule has 1 aromatic heterocycles. The van der Waals surface area contributed by atoms with Crippen LogP contribution in [0.15, 0.2) is 22.6 Å². The van der Waals surface area contributed by atoms with Gasteiger partial charge in [-0.05, 0) is 12.1 Å². The Hall–Kier alpha value is -2.57. The van der Waals surface area contributed by atoms with Crippen molar-refractivity contribution in [1.29, 1.82) is 0 Å². The maximum atomic E-state index is 12.0. The van der Waals surface area contributed by atoms with Crippen molar-refractivity contribution in [2.24, 2.45) is 0 Å². The number of rotatable bonds is 3. The average molecular weight is 275 g/mol. The lowest BCUT2D eigenvalue weighted by Crippen LogP contribution is -2.12. The molecule has 20 heavy (non-hydrogen) atoms. The van der Waals surface area contributed by atoms with E-state index in [1.807, 2.05) is 13.8 Å². The number of ether oxygens (including phenoxy) is 2. The molecule has 1 aliphatic rings. The van der Waals surface area contributed by atoms with Gasteiger partial charge in [0.05, 0.1) is 0 Å². The van der Waals surface area contributed by atoms with E-state index in [0.717, 1.165) is 0 Å². The molecule has 0 atom stereocenters. The Bertz CT molecular complexity index is 651. The van der Waals surface area contributed by atoms with Gasteiger partial charge in [-0.2, -0.15) is 0 Å². The van der Waals surface area contributed by atoms with Crippen molar-refractivity contribution in [2.45, 2.75) is 19.8 Å². The summed E-state index contributed by atoms with van der Waals surface area (Å²) in [4.78, 5) is 12.0. The van der Waals surface area contributed by atoms with E-state index in [1.165, 1.54) is 0 Å². The number of carbonyl (C=O) groups excluding carboxylic acids is 1. The summed E-state index contributed by atoms with van der Waals surface area (Å²) >= 11 is 0. The molecule has 0 saturated carbocycles. The first-order valence-electron chi connectivity index (χ1n) is 6.18. The summed E-state index contributed by atoms with van der Waals surface area (Å²) in [6.07, 6.45) is 0. The predicted octanol–water partition coefficient (Wildman–Crippen LogP) is 2.17. The summed E-state index contributed by atoms with van der Waals surface area (Å²) in [6.45, 7) is 4.01. The quantitative estimate of drug-likeness (QED) is 0.923. The fraction of sp³-hybridized carbons (Fsp3) is 0.308. The fourth-order valence-corrected chi connectivity index (χ4v) is 1.72. The number of anilines is 1. The van der Waals surface area contributed by atoms with Gasteiger partial charge >= 0.3 is 11.8 Å². The Kier molecular flexibility index (Phi) is 3.02. The van der Waals surface area contributed by atoms with Gasteiger partial charge < -0.3 is 19.2 Å². The second-order valence-corrected chi connectivity index (χ2v) is 4.62. The molecule has 7 nitrogen and oxygen atoms in total. The second-order valence-electron chi connectivity index (χ2n) is 4.62. The molecular weight excluding hydrogens is 262 g/mol. The molecule has 1 aromatic carbocycles. The van der Waals surface area contributed by atoms with Crippen LogP contribution in [0, 0.1) is 0 Å². The van der Waals surface area contributed by atoms with Gasteiger partial charge in [0.2, 0.25) is 12.7 Å². The van der Waals surface area contributed by atoms with Gasteiger partial charge in [0.25, 0.3) is 0 Å². The molecule has 1 aliphatic heterocycles. The van der Waals surface area contributed by atoms with Crippen LogP contribution in [0.25, 0.3) is 0 Å². The van der Waals surface area contributed by atoms with Gasteiger partial charge in [-0.1, -0.05) is 13.8 Å². The van der Waals surface area contributed by atoms with Crippen molar-refractivity contribution >= 4 is 11.6 Å². The Morgan fingerprint density at radius 1 is 1.25 bits per heavy atom. The Labute approximate surface area is 114 Å². The van der Waals surface area contributed by atoms with Crippen molar-refractivity contribution in [2.75, 3.05) is 12.1 Å². The van der Waals surface area contributed by atoms with Crippen LogP contribution >= 0.6 is 0 Å². The fourth-order valence-electron chi connectivity index (χ4n) is 1.72. The normalized spacial score (nSPS) is 12.8. The first-order valence-corrected chi connectivity index (χ1v) is 6.18. The molecule has 0 spiro atoms. The Balaban J connectivity index is 1.75. The number of hydrogen-bond donors (Lipinski definition) is 1. The van der Waals surface area contributed by atoms with Gasteiger partial charge in [0.1, 0.15) is 0 Å². The molecule has 0 unspecified atom stereocenters. The van der Waals surface area contributed by atoms with E-state index in [2.05, 4.69) is 15.5 Å². The lowest BCUT2D eigenvalue weighted by molar-refractivity contribution is 0.0988. The number of nitrogens with one attached hydrogen (secondary N) is 1. The maximum Gasteiger partial charge on any atom is 0.313 e. The van der Waals surface area contributed by atoms with E-state index in [4.69, 9.17) is 13.9 Å². The average Bonchev–Trinajstić information content (AvgIpc) is 3.07. The molecule has 104 valence electrons. The summed E-state index contributed by atoms with van der Waals surface area (Å²) in [5.41, 5.74) is 0.573. The zero-order chi connectivity index (χ0) is 14.1. The minimum absolute atomic E-state index is 0.0635. The van der Waals surface area contributed by atoms with Gasteiger partial charge in [0.15, 0.2) is 11.5 Å². The van der Waals surface area contributed by atoms with Crippen LogP contribution in [0.5, 0.6) is 11.5 Å². The number of fused-ring (bicyclic) bond motifs is 1. The topological polar surface area (TPSA) is 86.5 Å². The van der Waals surface area contributed by atoms with Crippen molar-refractivity contribution in [3.05, 3.63) is 30.0 Å². The Morgan fingerprint density at radius 3 is 2.80 bits per heavy atom. The van der Waals surface area contributed by atoms with E-state index in [9.17, 15) is 4.79 Å². The van der Waals surface area contributed by atoms with Gasteiger partial charge in [-0.25, -0.2) is 0 Å². The van der Waals surface area contributed by atoms with Crippen LogP contribution in [0.4, 0.5) is 5.69 Å². The number of carbonyl (C=O) groups is 1. The number of nitrogens with zero attached hydrogens (tertiary/aromatic N) is 2. The molecule has 7 heteroatoms. The van der Waals surface area contributed by atoms with E-state index < -0.39 is 5.91 Å². The molecule has 0 bridgehead atoms. The van der Waals surface area contributed by atoms with Crippen LogP contribution in [0.3, 0.4) is 0 Å². The first kappa shape index (κ1) is 12.5. The molecule has 1 N–H and O–H groups in total. The van der Waals surface area contributed by atoms with E-state index >= 15 is 0 Å². The predicted molar refractivity (Wildman–Crippen MR) is 68.9 cm³/mol. The van der Waals surface area contributed by atoms with Gasteiger partial charge in [-0.15, -0.1) is 10.2 Å². The molecule has 0 saturated heterocycles. The van der Waals surface area contributed by atoms with Crippen molar-refractivity contribution in [3.63, 3.8) is 0 Å². The Morgan fingerprint density at radius 2 is 2.05 bits per heavy atom. The molecule has 3 rings (SSSR count). The van der Waals surface area contributed by atoms with Gasteiger partial charge in [-0.3, -0.25) is 4.79 Å². The van der Waals surface area contributed by atoms with Crippen molar-refractivity contribution < 1.29 is 18.7 Å². The highest BCUT2D eigenvalue weighted by molar-refractivity contribution is 6.01. The molecular formula is C13H13N3O4. The summed E-state index contributed by atoms with van der Waals surface area (Å²) in [5, 5.41) is 10.2. The number of amides is 1. The molecule has 2 aromatic rings. The lowest BCUT2D eigenvalue weighted by atomic mass is 10.2. The van der Waals surface area contributed by atoms with Gasteiger partial charge in [0, 0.05) is 17.7 Å². The van der Waals surface area contributed by atoms with Crippen molar-refractivity contribution in [1.82, 2.24) is 10.2 Å². The largest absolute Gasteiger partial charge is 0.454 e. The summed E-state index contributed by atoms with van der Waals surface area (Å²) < 4.78 is 15.7. The summed E-state index contributed by atoms with van der Waals surface area (Å²) in [5.74, 6) is 1.24. The summed E-state index contributed by atoms with van der Waals surface area (Å²) in [6, 6.07) is 5.12. The van der Waals surface area contributed by atoms with Crippen LogP contribution in [0.1, 0.15) is 36.3 Å². The highest BCUT2D eigenvalue weighted by atomic mass is 16.7. The number of benzene rings is 1. The van der Waals surface area contributed by atoms with Crippen LogP contribution < -0.4 is 14.8 Å². The molecule has 2 heterocycles. The molecule has 0 aliphatic carbocycles. The zero-order valence-electron chi connectivity index (χ0n) is 11.0. The zero-order valence-corrected chi connectivity index (χ0v) is 11.0. The minimum atomic E-state index is -0.455. The van der Waals surface area contributed by atoms with Crippen LogP contribution in [0.2, 0.25) is 0 Å². The van der Waals surface area contributed by atoms with E-state index in [0.29, 0.717) is 23.1 Å².